The van der Waals surface area contributed by atoms with Gasteiger partial charge in [0, 0.05) is 46.9 Å². The largest absolute Gasteiger partial charge is 0.326 e. The highest BCUT2D eigenvalue weighted by atomic mass is 32.2. The van der Waals surface area contributed by atoms with Crippen LogP contribution in [0.4, 0.5) is 10.1 Å². The third-order valence-corrected chi connectivity index (χ3v) is 8.38. The van der Waals surface area contributed by atoms with E-state index in [1.807, 2.05) is 0 Å². The maximum atomic E-state index is 13.1. The number of anilines is 1. The Labute approximate surface area is 201 Å². The number of hydrogen-bond acceptors (Lipinski definition) is 5. The van der Waals surface area contributed by atoms with Gasteiger partial charge in [0.05, 0.1) is 4.90 Å². The Balaban J connectivity index is 1.26. The predicted octanol–water partition coefficient (Wildman–Crippen LogP) is 3.64. The van der Waals surface area contributed by atoms with Crippen molar-refractivity contribution in [1.29, 1.82) is 0 Å². The molecule has 2 aliphatic rings. The van der Waals surface area contributed by atoms with Crippen LogP contribution >= 0.6 is 0 Å². The summed E-state index contributed by atoms with van der Waals surface area (Å²) in [6.45, 7) is 0.317. The molecule has 1 amide bonds. The molecular formula is C26H21FN2O5S. The number of fused-ring (bicyclic) bond motifs is 2. The molecule has 0 unspecified atom stereocenters. The monoisotopic (exact) mass is 492 g/mol. The second-order valence-corrected chi connectivity index (χ2v) is 10.5. The van der Waals surface area contributed by atoms with Crippen molar-refractivity contribution in [1.82, 2.24) is 4.31 Å². The smallest absolute Gasteiger partial charge is 0.243 e. The lowest BCUT2D eigenvalue weighted by atomic mass is 9.84. The zero-order valence-electron chi connectivity index (χ0n) is 18.5. The van der Waals surface area contributed by atoms with E-state index in [-0.39, 0.29) is 41.0 Å². The second-order valence-electron chi connectivity index (χ2n) is 8.59. The number of piperidine rings is 1. The summed E-state index contributed by atoms with van der Waals surface area (Å²) in [5.74, 6) is -1.72. The number of benzene rings is 3. The van der Waals surface area contributed by atoms with Crippen LogP contribution in [0.2, 0.25) is 0 Å². The fourth-order valence-corrected chi connectivity index (χ4v) is 6.01. The first-order chi connectivity index (χ1) is 16.8. The van der Waals surface area contributed by atoms with Crippen molar-refractivity contribution in [3.63, 3.8) is 0 Å². The average molecular weight is 493 g/mol. The molecule has 3 aromatic carbocycles. The molecule has 178 valence electrons. The van der Waals surface area contributed by atoms with E-state index in [1.165, 1.54) is 22.5 Å². The molecule has 0 saturated carbocycles. The van der Waals surface area contributed by atoms with Crippen molar-refractivity contribution in [3.05, 3.63) is 94.8 Å². The van der Waals surface area contributed by atoms with E-state index in [1.54, 1.807) is 36.4 Å². The van der Waals surface area contributed by atoms with Gasteiger partial charge in [-0.3, -0.25) is 14.4 Å². The van der Waals surface area contributed by atoms with Crippen molar-refractivity contribution in [2.45, 2.75) is 17.7 Å². The molecule has 1 aliphatic carbocycles. The van der Waals surface area contributed by atoms with Gasteiger partial charge in [-0.05, 0) is 55.3 Å². The molecule has 9 heteroatoms. The SMILES string of the molecule is O=C1c2ccccc2C(=O)c2cc(NC(=O)C3CCN(S(=O)(=O)c4ccc(F)cc4)CC3)ccc21. The summed E-state index contributed by atoms with van der Waals surface area (Å²) in [4.78, 5) is 38.5. The van der Waals surface area contributed by atoms with E-state index in [9.17, 15) is 27.2 Å². The lowest BCUT2D eigenvalue weighted by Gasteiger charge is -2.30. The van der Waals surface area contributed by atoms with E-state index in [4.69, 9.17) is 0 Å². The highest BCUT2D eigenvalue weighted by Crippen LogP contribution is 2.30. The number of carbonyl (C=O) groups excluding carboxylic acids is 3. The molecular weight excluding hydrogens is 471 g/mol. The lowest BCUT2D eigenvalue weighted by Crippen LogP contribution is -2.41. The van der Waals surface area contributed by atoms with Gasteiger partial charge in [-0.15, -0.1) is 0 Å². The molecule has 7 nitrogen and oxygen atoms in total. The standard InChI is InChI=1S/C26H21FN2O5S/c27-17-5-8-19(9-6-17)35(33,34)29-13-11-16(12-14-29)26(32)28-18-7-10-22-23(15-18)25(31)21-4-2-1-3-20(21)24(22)30/h1-10,15-16H,11-14H2,(H,28,32). The summed E-state index contributed by atoms with van der Waals surface area (Å²) in [5.41, 5.74) is 1.64. The number of hydrogen-bond donors (Lipinski definition) is 1. The summed E-state index contributed by atoms with van der Waals surface area (Å²) < 4.78 is 40.0. The van der Waals surface area contributed by atoms with Crippen LogP contribution in [0.15, 0.2) is 71.6 Å². The maximum absolute atomic E-state index is 13.1. The topological polar surface area (TPSA) is 101 Å². The molecule has 0 bridgehead atoms. The molecule has 1 saturated heterocycles. The van der Waals surface area contributed by atoms with Gasteiger partial charge in [0.25, 0.3) is 0 Å². The molecule has 1 N–H and O–H groups in total. The number of halogens is 1. The molecule has 5 rings (SSSR count). The highest BCUT2D eigenvalue weighted by molar-refractivity contribution is 7.89. The number of rotatable bonds is 4. The van der Waals surface area contributed by atoms with Crippen LogP contribution in [0.5, 0.6) is 0 Å². The molecule has 0 radical (unpaired) electrons. The Morgan fingerprint density at radius 1 is 0.829 bits per heavy atom. The number of sulfonamides is 1. The van der Waals surface area contributed by atoms with Gasteiger partial charge >= 0.3 is 0 Å². The van der Waals surface area contributed by atoms with E-state index >= 15 is 0 Å². The van der Waals surface area contributed by atoms with Crippen molar-refractivity contribution >= 4 is 33.2 Å². The predicted molar refractivity (Wildman–Crippen MR) is 126 cm³/mol. The number of carbonyl (C=O) groups is 3. The lowest BCUT2D eigenvalue weighted by molar-refractivity contribution is -0.120. The molecule has 1 fully saturated rings. The Kier molecular flexibility index (Phi) is 5.82. The van der Waals surface area contributed by atoms with Gasteiger partial charge in [-0.25, -0.2) is 12.8 Å². The van der Waals surface area contributed by atoms with E-state index in [2.05, 4.69) is 5.32 Å². The summed E-state index contributed by atoms with van der Waals surface area (Å²) in [7, 11) is -3.77. The van der Waals surface area contributed by atoms with Crippen LogP contribution in [0, 0.1) is 11.7 Å². The van der Waals surface area contributed by atoms with Crippen molar-refractivity contribution in [3.8, 4) is 0 Å². The first kappa shape index (κ1) is 23.1. The summed E-state index contributed by atoms with van der Waals surface area (Å²) >= 11 is 0. The zero-order valence-corrected chi connectivity index (χ0v) is 19.3. The van der Waals surface area contributed by atoms with Crippen LogP contribution in [0.3, 0.4) is 0 Å². The van der Waals surface area contributed by atoms with Gasteiger partial charge in [0.1, 0.15) is 5.82 Å². The molecule has 1 heterocycles. The Hall–Kier alpha value is -3.69. The molecule has 0 atom stereocenters. The van der Waals surface area contributed by atoms with E-state index in [0.29, 0.717) is 35.2 Å². The quantitative estimate of drug-likeness (QED) is 0.469. The minimum Gasteiger partial charge on any atom is -0.326 e. The Morgan fingerprint density at radius 2 is 1.40 bits per heavy atom. The fraction of sp³-hybridized carbons (Fsp3) is 0.192. The molecule has 0 spiro atoms. The van der Waals surface area contributed by atoms with Crippen LogP contribution in [-0.4, -0.2) is 43.3 Å². The number of nitrogens with one attached hydrogen (secondary N) is 1. The molecule has 35 heavy (non-hydrogen) atoms. The highest BCUT2D eigenvalue weighted by Gasteiger charge is 2.33. The number of nitrogens with zero attached hydrogens (tertiary/aromatic N) is 1. The summed E-state index contributed by atoms with van der Waals surface area (Å²) in [6, 6.07) is 15.9. The minimum atomic E-state index is -3.77. The second kappa shape index (κ2) is 8.83. The first-order valence-corrected chi connectivity index (χ1v) is 12.6. The average Bonchev–Trinajstić information content (AvgIpc) is 2.87. The third-order valence-electron chi connectivity index (χ3n) is 6.47. The zero-order chi connectivity index (χ0) is 24.7. The fourth-order valence-electron chi connectivity index (χ4n) is 4.54. The maximum Gasteiger partial charge on any atom is 0.243 e. The number of ketones is 2. The molecule has 1 aliphatic heterocycles. The summed E-state index contributed by atoms with van der Waals surface area (Å²) in [6.07, 6.45) is 0.643. The van der Waals surface area contributed by atoms with Gasteiger partial charge in [0.15, 0.2) is 11.6 Å². The first-order valence-electron chi connectivity index (χ1n) is 11.1. The van der Waals surface area contributed by atoms with Gasteiger partial charge in [0.2, 0.25) is 15.9 Å². The van der Waals surface area contributed by atoms with Gasteiger partial charge in [-0.2, -0.15) is 4.31 Å². The van der Waals surface area contributed by atoms with Crippen molar-refractivity contribution in [2.24, 2.45) is 5.92 Å². The minimum absolute atomic E-state index is 0.0108. The van der Waals surface area contributed by atoms with E-state index in [0.717, 1.165) is 12.1 Å². The van der Waals surface area contributed by atoms with Crippen LogP contribution in [-0.2, 0) is 14.8 Å². The van der Waals surface area contributed by atoms with Crippen molar-refractivity contribution < 1.29 is 27.2 Å². The molecule has 0 aromatic heterocycles. The van der Waals surface area contributed by atoms with E-state index < -0.39 is 21.8 Å². The van der Waals surface area contributed by atoms with Gasteiger partial charge < -0.3 is 5.32 Å². The van der Waals surface area contributed by atoms with Crippen LogP contribution < -0.4 is 5.32 Å². The van der Waals surface area contributed by atoms with Gasteiger partial charge in [-0.1, -0.05) is 24.3 Å². The van der Waals surface area contributed by atoms with Crippen LogP contribution in [0.25, 0.3) is 0 Å². The van der Waals surface area contributed by atoms with Crippen molar-refractivity contribution in [2.75, 3.05) is 18.4 Å². The molecule has 3 aromatic rings. The Bertz CT molecular complexity index is 1460. The third kappa shape index (κ3) is 4.17. The van der Waals surface area contributed by atoms with Crippen LogP contribution in [0.1, 0.15) is 44.7 Å². The normalized spacial score (nSPS) is 16.5. The number of amides is 1. The summed E-state index contributed by atoms with van der Waals surface area (Å²) in [5, 5.41) is 2.80. The Morgan fingerprint density at radius 3 is 2.03 bits per heavy atom.